The van der Waals surface area contributed by atoms with Crippen molar-refractivity contribution in [2.75, 3.05) is 6.61 Å². The highest BCUT2D eigenvalue weighted by Crippen LogP contribution is 2.45. The van der Waals surface area contributed by atoms with E-state index in [0.717, 1.165) is 61.1 Å². The molecule has 1 aliphatic carbocycles. The van der Waals surface area contributed by atoms with Crippen molar-refractivity contribution in [2.24, 2.45) is 5.41 Å². The Morgan fingerprint density at radius 3 is 2.96 bits per heavy atom. The van der Waals surface area contributed by atoms with Gasteiger partial charge in [0.15, 0.2) is 0 Å². The van der Waals surface area contributed by atoms with Gasteiger partial charge in [-0.05, 0) is 55.7 Å². The third-order valence-corrected chi connectivity index (χ3v) is 4.71. The Kier molecular flexibility index (Phi) is 4.93. The van der Waals surface area contributed by atoms with E-state index in [1.807, 2.05) is 25.1 Å². The minimum absolute atomic E-state index is 0.126. The van der Waals surface area contributed by atoms with Crippen molar-refractivity contribution in [3.63, 3.8) is 0 Å². The smallest absolute Gasteiger partial charge is 0.226 e. The van der Waals surface area contributed by atoms with E-state index in [1.165, 1.54) is 0 Å². The summed E-state index contributed by atoms with van der Waals surface area (Å²) in [7, 11) is 0. The maximum absolute atomic E-state index is 12.0. The summed E-state index contributed by atoms with van der Waals surface area (Å²) in [4.78, 5) is 15.4. The van der Waals surface area contributed by atoms with Crippen LogP contribution in [-0.2, 0) is 11.3 Å². The van der Waals surface area contributed by atoms with Crippen LogP contribution in [0.15, 0.2) is 36.9 Å². The first kappa shape index (κ1) is 16.6. The second-order valence-corrected chi connectivity index (χ2v) is 6.92. The fourth-order valence-electron chi connectivity index (χ4n) is 2.74. The van der Waals surface area contributed by atoms with Gasteiger partial charge in [0.25, 0.3) is 0 Å². The van der Waals surface area contributed by atoms with Gasteiger partial charge in [-0.25, -0.2) is 0 Å². The molecule has 1 saturated carbocycles. The van der Waals surface area contributed by atoms with Gasteiger partial charge in [0.2, 0.25) is 5.91 Å². The van der Waals surface area contributed by atoms with E-state index in [2.05, 4.69) is 29.0 Å². The first-order valence-electron chi connectivity index (χ1n) is 8.74. The lowest BCUT2D eigenvalue weighted by atomic mass is 10.1. The van der Waals surface area contributed by atoms with Crippen LogP contribution in [0.25, 0.3) is 10.9 Å². The van der Waals surface area contributed by atoms with Crippen molar-refractivity contribution in [3.05, 3.63) is 42.6 Å². The number of carbonyl (C=O) groups excluding carboxylic acids is 1. The van der Waals surface area contributed by atoms with Crippen LogP contribution in [0.1, 0.15) is 44.7 Å². The average molecular weight is 326 g/mol. The number of benzene rings is 1. The monoisotopic (exact) mass is 326 g/mol. The molecule has 4 heteroatoms. The standard InChI is InChI=1S/C20H26N2O2/c1-3-4-5-6-11-24-17-8-7-15-12-16(22-18(15)13-17)14-21-19(23)20(2)9-10-20/h3,7-8,12-13,22H,1,4-6,9-11,14H2,2H3,(H,21,23). The molecule has 24 heavy (non-hydrogen) atoms. The summed E-state index contributed by atoms with van der Waals surface area (Å²) in [5, 5.41) is 4.16. The van der Waals surface area contributed by atoms with E-state index in [1.54, 1.807) is 0 Å². The fourth-order valence-corrected chi connectivity index (χ4v) is 2.74. The van der Waals surface area contributed by atoms with Crippen LogP contribution < -0.4 is 10.1 Å². The van der Waals surface area contributed by atoms with Crippen molar-refractivity contribution in [1.29, 1.82) is 0 Å². The van der Waals surface area contributed by atoms with Gasteiger partial charge < -0.3 is 15.0 Å². The Hall–Kier alpha value is -2.23. The summed E-state index contributed by atoms with van der Waals surface area (Å²) in [6.45, 7) is 7.01. The van der Waals surface area contributed by atoms with E-state index in [4.69, 9.17) is 4.74 Å². The largest absolute Gasteiger partial charge is 0.494 e. The second-order valence-electron chi connectivity index (χ2n) is 6.92. The molecule has 1 heterocycles. The molecule has 0 aliphatic heterocycles. The molecule has 0 unspecified atom stereocenters. The number of allylic oxidation sites excluding steroid dienone is 1. The molecule has 0 atom stereocenters. The van der Waals surface area contributed by atoms with Gasteiger partial charge in [-0.3, -0.25) is 4.79 Å². The minimum atomic E-state index is -0.126. The number of unbranched alkanes of at least 4 members (excludes halogenated alkanes) is 2. The quantitative estimate of drug-likeness (QED) is 0.532. The van der Waals surface area contributed by atoms with Crippen LogP contribution in [0.2, 0.25) is 0 Å². The molecule has 1 aromatic heterocycles. The van der Waals surface area contributed by atoms with Crippen LogP contribution in [0.3, 0.4) is 0 Å². The first-order valence-corrected chi connectivity index (χ1v) is 8.74. The SMILES string of the molecule is C=CCCCCOc1ccc2cc(CNC(=O)C3(C)CC3)[nH]c2c1. The number of H-pyrrole nitrogens is 1. The Morgan fingerprint density at radius 1 is 1.38 bits per heavy atom. The van der Waals surface area contributed by atoms with Crippen molar-refractivity contribution in [3.8, 4) is 5.75 Å². The predicted octanol–water partition coefficient (Wildman–Crippen LogP) is 4.32. The minimum Gasteiger partial charge on any atom is -0.494 e. The molecule has 3 rings (SSSR count). The van der Waals surface area contributed by atoms with Gasteiger partial charge in [-0.15, -0.1) is 6.58 Å². The Morgan fingerprint density at radius 2 is 2.21 bits per heavy atom. The van der Waals surface area contributed by atoms with Gasteiger partial charge in [0.05, 0.1) is 13.2 Å². The number of rotatable bonds is 9. The van der Waals surface area contributed by atoms with Crippen molar-refractivity contribution >= 4 is 16.8 Å². The van der Waals surface area contributed by atoms with Crippen molar-refractivity contribution in [2.45, 2.75) is 45.6 Å². The number of fused-ring (bicyclic) bond motifs is 1. The maximum atomic E-state index is 12.0. The van der Waals surface area contributed by atoms with E-state index < -0.39 is 0 Å². The summed E-state index contributed by atoms with van der Waals surface area (Å²) in [6, 6.07) is 8.16. The van der Waals surface area contributed by atoms with Crippen LogP contribution in [0, 0.1) is 5.41 Å². The molecule has 1 aromatic carbocycles. The summed E-state index contributed by atoms with van der Waals surface area (Å²) in [5.41, 5.74) is 1.93. The Labute approximate surface area is 143 Å². The fraction of sp³-hybridized carbons (Fsp3) is 0.450. The van der Waals surface area contributed by atoms with Crippen LogP contribution in [-0.4, -0.2) is 17.5 Å². The van der Waals surface area contributed by atoms with Gasteiger partial charge in [-0.1, -0.05) is 13.0 Å². The molecular weight excluding hydrogens is 300 g/mol. The normalized spacial score (nSPS) is 15.2. The molecule has 0 radical (unpaired) electrons. The second kappa shape index (κ2) is 7.12. The van der Waals surface area contributed by atoms with E-state index in [0.29, 0.717) is 6.54 Å². The number of hydrogen-bond donors (Lipinski definition) is 2. The lowest BCUT2D eigenvalue weighted by Crippen LogP contribution is -2.29. The molecule has 2 N–H and O–H groups in total. The van der Waals surface area contributed by atoms with Crippen LogP contribution in [0.5, 0.6) is 5.75 Å². The first-order chi connectivity index (χ1) is 11.6. The number of aromatic amines is 1. The highest BCUT2D eigenvalue weighted by Gasteiger charge is 2.44. The van der Waals surface area contributed by atoms with Crippen LogP contribution >= 0.6 is 0 Å². The average Bonchev–Trinajstić information content (AvgIpc) is 3.20. The lowest BCUT2D eigenvalue weighted by Gasteiger charge is -2.08. The highest BCUT2D eigenvalue weighted by atomic mass is 16.5. The molecule has 2 aromatic rings. The topological polar surface area (TPSA) is 54.1 Å². The summed E-state index contributed by atoms with van der Waals surface area (Å²) < 4.78 is 5.80. The third kappa shape index (κ3) is 3.99. The highest BCUT2D eigenvalue weighted by molar-refractivity contribution is 5.85. The number of carbonyl (C=O) groups is 1. The van der Waals surface area contributed by atoms with Crippen LogP contribution in [0.4, 0.5) is 0 Å². The van der Waals surface area contributed by atoms with E-state index in [-0.39, 0.29) is 11.3 Å². The Balaban J connectivity index is 1.55. The van der Waals surface area contributed by atoms with Crippen molar-refractivity contribution in [1.82, 2.24) is 10.3 Å². The molecule has 128 valence electrons. The Bertz CT molecular complexity index is 728. The van der Waals surface area contributed by atoms with Crippen molar-refractivity contribution < 1.29 is 9.53 Å². The molecule has 1 fully saturated rings. The van der Waals surface area contributed by atoms with Gasteiger partial charge in [-0.2, -0.15) is 0 Å². The van der Waals surface area contributed by atoms with Gasteiger partial charge in [0, 0.05) is 22.7 Å². The number of nitrogens with one attached hydrogen (secondary N) is 2. The molecule has 0 saturated heterocycles. The summed E-state index contributed by atoms with van der Waals surface area (Å²) in [6.07, 6.45) is 7.11. The third-order valence-electron chi connectivity index (χ3n) is 4.71. The van der Waals surface area contributed by atoms with E-state index in [9.17, 15) is 4.79 Å². The lowest BCUT2D eigenvalue weighted by molar-refractivity contribution is -0.125. The summed E-state index contributed by atoms with van der Waals surface area (Å²) in [5.74, 6) is 1.04. The van der Waals surface area contributed by atoms with Gasteiger partial charge >= 0.3 is 0 Å². The molecule has 0 spiro atoms. The van der Waals surface area contributed by atoms with Gasteiger partial charge in [0.1, 0.15) is 5.75 Å². The predicted molar refractivity (Wildman–Crippen MR) is 97.0 cm³/mol. The zero-order valence-corrected chi connectivity index (χ0v) is 14.4. The molecule has 0 bridgehead atoms. The molecule has 1 amide bonds. The van der Waals surface area contributed by atoms with E-state index >= 15 is 0 Å². The number of ether oxygens (including phenoxy) is 1. The molecular formula is C20H26N2O2. The zero-order valence-electron chi connectivity index (χ0n) is 14.4. The zero-order chi connectivity index (χ0) is 17.0. The molecule has 4 nitrogen and oxygen atoms in total. The summed E-state index contributed by atoms with van der Waals surface area (Å²) >= 11 is 0. The number of hydrogen-bond acceptors (Lipinski definition) is 2. The molecule has 1 aliphatic rings. The number of amides is 1. The number of aromatic nitrogens is 1. The maximum Gasteiger partial charge on any atom is 0.226 e.